The summed E-state index contributed by atoms with van der Waals surface area (Å²) in [5, 5.41) is 7.56. The normalized spacial score (nSPS) is 10.5. The van der Waals surface area contributed by atoms with Crippen LogP contribution in [0.15, 0.2) is 30.6 Å². The van der Waals surface area contributed by atoms with Crippen molar-refractivity contribution in [1.29, 1.82) is 0 Å². The summed E-state index contributed by atoms with van der Waals surface area (Å²) in [5.41, 5.74) is 6.07. The Balaban J connectivity index is 2.26. The van der Waals surface area contributed by atoms with Gasteiger partial charge in [0.1, 0.15) is 18.0 Å². The second-order valence-corrected chi connectivity index (χ2v) is 3.17. The highest BCUT2D eigenvalue weighted by atomic mass is 19.1. The van der Waals surface area contributed by atoms with E-state index in [2.05, 4.69) is 10.2 Å². The Hall–Kier alpha value is -1.75. The fraction of sp³-hybridized carbons (Fsp3) is 0.200. The Kier molecular flexibility index (Phi) is 2.73. The molecule has 78 valence electrons. The second kappa shape index (κ2) is 4.18. The molecule has 0 fully saturated rings. The summed E-state index contributed by atoms with van der Waals surface area (Å²) in [5.74, 6) is 0.424. The average molecular weight is 206 g/mol. The number of nitrogens with two attached hydrogens (primary N) is 1. The highest BCUT2D eigenvalue weighted by molar-refractivity contribution is 5.17. The Morgan fingerprint density at radius 1 is 1.33 bits per heavy atom. The molecule has 0 saturated carbocycles. The van der Waals surface area contributed by atoms with Crippen LogP contribution in [-0.4, -0.2) is 14.8 Å². The molecule has 0 unspecified atom stereocenters. The van der Waals surface area contributed by atoms with Gasteiger partial charge in [0, 0.05) is 5.56 Å². The zero-order valence-corrected chi connectivity index (χ0v) is 8.10. The molecular weight excluding hydrogens is 195 g/mol. The number of nitrogens with zero attached hydrogens (tertiary/aromatic N) is 3. The predicted octanol–water partition coefficient (Wildman–Crippen LogP) is 0.924. The third kappa shape index (κ3) is 2.02. The number of rotatable bonds is 3. The van der Waals surface area contributed by atoms with Gasteiger partial charge in [-0.25, -0.2) is 4.39 Å². The zero-order valence-electron chi connectivity index (χ0n) is 8.10. The highest BCUT2D eigenvalue weighted by Crippen LogP contribution is 2.09. The molecule has 1 aromatic carbocycles. The van der Waals surface area contributed by atoms with Crippen molar-refractivity contribution in [3.8, 4) is 0 Å². The molecule has 0 saturated heterocycles. The van der Waals surface area contributed by atoms with Gasteiger partial charge in [-0.05, 0) is 6.07 Å². The summed E-state index contributed by atoms with van der Waals surface area (Å²) in [6.07, 6.45) is 1.55. The van der Waals surface area contributed by atoms with Crippen molar-refractivity contribution < 1.29 is 4.39 Å². The molecular formula is C10H11FN4. The van der Waals surface area contributed by atoms with Crippen LogP contribution in [0.25, 0.3) is 0 Å². The van der Waals surface area contributed by atoms with Crippen LogP contribution >= 0.6 is 0 Å². The Bertz CT molecular complexity index is 452. The van der Waals surface area contributed by atoms with E-state index in [1.807, 2.05) is 0 Å². The third-order valence-corrected chi connectivity index (χ3v) is 2.18. The van der Waals surface area contributed by atoms with Crippen LogP contribution in [-0.2, 0) is 13.1 Å². The molecule has 0 amide bonds. The molecule has 0 atom stereocenters. The van der Waals surface area contributed by atoms with E-state index < -0.39 is 0 Å². The molecule has 0 radical (unpaired) electrons. The lowest BCUT2D eigenvalue weighted by Gasteiger charge is -2.05. The minimum Gasteiger partial charge on any atom is -0.324 e. The molecule has 2 rings (SSSR count). The Morgan fingerprint density at radius 3 is 2.87 bits per heavy atom. The lowest BCUT2D eigenvalue weighted by molar-refractivity contribution is 0.594. The summed E-state index contributed by atoms with van der Waals surface area (Å²) in [6.45, 7) is 0.709. The number of benzene rings is 1. The van der Waals surface area contributed by atoms with Gasteiger partial charge in [0.25, 0.3) is 0 Å². The third-order valence-electron chi connectivity index (χ3n) is 2.18. The largest absolute Gasteiger partial charge is 0.324 e. The molecule has 2 N–H and O–H groups in total. The lowest BCUT2D eigenvalue weighted by Crippen LogP contribution is -2.09. The standard InChI is InChI=1S/C10H11FN4/c11-9-4-2-1-3-8(9)6-15-7-13-14-10(15)5-12/h1-4,7H,5-6,12H2. The molecule has 0 aliphatic carbocycles. The van der Waals surface area contributed by atoms with Crippen molar-refractivity contribution in [2.75, 3.05) is 0 Å². The first kappa shape index (κ1) is 9.79. The van der Waals surface area contributed by atoms with Gasteiger partial charge < -0.3 is 10.3 Å². The van der Waals surface area contributed by atoms with Gasteiger partial charge in [0.2, 0.25) is 0 Å². The fourth-order valence-electron chi connectivity index (χ4n) is 1.38. The van der Waals surface area contributed by atoms with Gasteiger partial charge in [-0.2, -0.15) is 0 Å². The summed E-state index contributed by atoms with van der Waals surface area (Å²) in [6, 6.07) is 6.62. The van der Waals surface area contributed by atoms with Gasteiger partial charge in [0.15, 0.2) is 0 Å². The number of halogens is 1. The van der Waals surface area contributed by atoms with Crippen LogP contribution in [0.2, 0.25) is 0 Å². The Labute approximate surface area is 86.6 Å². The van der Waals surface area contributed by atoms with Gasteiger partial charge >= 0.3 is 0 Å². The first-order valence-corrected chi connectivity index (χ1v) is 4.61. The topological polar surface area (TPSA) is 56.7 Å². The van der Waals surface area contributed by atoms with E-state index in [9.17, 15) is 4.39 Å². The highest BCUT2D eigenvalue weighted by Gasteiger charge is 2.05. The maximum atomic E-state index is 13.3. The van der Waals surface area contributed by atoms with E-state index in [-0.39, 0.29) is 5.82 Å². The first-order valence-electron chi connectivity index (χ1n) is 4.61. The summed E-state index contributed by atoms with van der Waals surface area (Å²) >= 11 is 0. The maximum absolute atomic E-state index is 13.3. The quantitative estimate of drug-likeness (QED) is 0.812. The van der Waals surface area contributed by atoms with Crippen molar-refractivity contribution >= 4 is 0 Å². The number of aromatic nitrogens is 3. The van der Waals surface area contributed by atoms with Crippen molar-refractivity contribution in [3.63, 3.8) is 0 Å². The summed E-state index contributed by atoms with van der Waals surface area (Å²) in [7, 11) is 0. The maximum Gasteiger partial charge on any atom is 0.146 e. The Morgan fingerprint density at radius 2 is 2.13 bits per heavy atom. The summed E-state index contributed by atoms with van der Waals surface area (Å²) in [4.78, 5) is 0. The van der Waals surface area contributed by atoms with Crippen molar-refractivity contribution in [3.05, 3.63) is 47.8 Å². The van der Waals surface area contributed by atoms with E-state index >= 15 is 0 Å². The molecule has 1 heterocycles. The minimum absolute atomic E-state index is 0.228. The van der Waals surface area contributed by atoms with Crippen LogP contribution in [0.1, 0.15) is 11.4 Å². The van der Waals surface area contributed by atoms with Crippen LogP contribution in [0.3, 0.4) is 0 Å². The van der Waals surface area contributed by atoms with E-state index in [4.69, 9.17) is 5.73 Å². The van der Waals surface area contributed by atoms with Gasteiger partial charge in [0.05, 0.1) is 13.1 Å². The van der Waals surface area contributed by atoms with Crippen molar-refractivity contribution in [2.45, 2.75) is 13.1 Å². The number of hydrogen-bond acceptors (Lipinski definition) is 3. The minimum atomic E-state index is -0.228. The van der Waals surface area contributed by atoms with Gasteiger partial charge in [-0.1, -0.05) is 18.2 Å². The SMILES string of the molecule is NCc1nncn1Cc1ccccc1F. The number of hydrogen-bond donors (Lipinski definition) is 1. The molecule has 4 nitrogen and oxygen atoms in total. The van der Waals surface area contributed by atoms with Crippen LogP contribution in [0, 0.1) is 5.82 Å². The monoisotopic (exact) mass is 206 g/mol. The molecule has 15 heavy (non-hydrogen) atoms. The van der Waals surface area contributed by atoms with Crippen LogP contribution in [0.5, 0.6) is 0 Å². The van der Waals surface area contributed by atoms with E-state index in [0.717, 1.165) is 0 Å². The summed E-state index contributed by atoms with van der Waals surface area (Å²) < 4.78 is 15.1. The van der Waals surface area contributed by atoms with Gasteiger partial charge in [-0.15, -0.1) is 10.2 Å². The lowest BCUT2D eigenvalue weighted by atomic mass is 10.2. The molecule has 0 aliphatic rings. The van der Waals surface area contributed by atoms with E-state index in [1.165, 1.54) is 6.07 Å². The first-order chi connectivity index (χ1) is 7.31. The molecule has 1 aromatic heterocycles. The van der Waals surface area contributed by atoms with Crippen molar-refractivity contribution in [1.82, 2.24) is 14.8 Å². The predicted molar refractivity (Wildman–Crippen MR) is 53.4 cm³/mol. The van der Waals surface area contributed by atoms with E-state index in [0.29, 0.717) is 24.5 Å². The molecule has 5 heteroatoms. The van der Waals surface area contributed by atoms with E-state index in [1.54, 1.807) is 29.1 Å². The van der Waals surface area contributed by atoms with Crippen molar-refractivity contribution in [2.24, 2.45) is 5.73 Å². The van der Waals surface area contributed by atoms with Gasteiger partial charge in [-0.3, -0.25) is 0 Å². The molecule has 0 aliphatic heterocycles. The molecule has 2 aromatic rings. The average Bonchev–Trinajstić information content (AvgIpc) is 2.69. The van der Waals surface area contributed by atoms with Crippen LogP contribution < -0.4 is 5.73 Å². The second-order valence-electron chi connectivity index (χ2n) is 3.17. The molecule has 0 spiro atoms. The van der Waals surface area contributed by atoms with Crippen LogP contribution in [0.4, 0.5) is 4.39 Å². The fourth-order valence-corrected chi connectivity index (χ4v) is 1.38. The smallest absolute Gasteiger partial charge is 0.146 e. The zero-order chi connectivity index (χ0) is 10.7. The molecule has 0 bridgehead atoms.